The second-order valence-corrected chi connectivity index (χ2v) is 6.43. The smallest absolute Gasteiger partial charge is 0.243 e. The number of sulfonamides is 1. The number of aromatic amines is 1. The highest BCUT2D eigenvalue weighted by Gasteiger charge is 2.22. The molecule has 0 saturated heterocycles. The molecule has 0 unspecified atom stereocenters. The molecule has 0 saturated carbocycles. The van der Waals surface area contributed by atoms with Gasteiger partial charge >= 0.3 is 0 Å². The first kappa shape index (κ1) is 15.2. The number of carbonyl (C=O) groups is 1. The van der Waals surface area contributed by atoms with Crippen LogP contribution in [-0.2, 0) is 21.4 Å². The summed E-state index contributed by atoms with van der Waals surface area (Å²) in [5.41, 5.74) is 0. The number of nitrogens with zero attached hydrogens (tertiary/aromatic N) is 2. The number of carbonyl (C=O) groups excluding carboxylic acids is 1. The van der Waals surface area contributed by atoms with Crippen molar-refractivity contribution < 1.29 is 13.2 Å². The number of amides is 1. The average Bonchev–Trinajstić information content (AvgIpc) is 2.99. The first-order chi connectivity index (χ1) is 10.00. The zero-order valence-electron chi connectivity index (χ0n) is 11.5. The molecule has 0 aliphatic carbocycles. The highest BCUT2D eigenvalue weighted by Crippen LogP contribution is 2.12. The molecule has 0 bridgehead atoms. The third-order valence-electron chi connectivity index (χ3n) is 2.83. The molecular formula is C13H16N4O3S. The Morgan fingerprint density at radius 1 is 1.33 bits per heavy atom. The van der Waals surface area contributed by atoms with E-state index in [4.69, 9.17) is 0 Å². The van der Waals surface area contributed by atoms with Gasteiger partial charge in [0, 0.05) is 19.4 Å². The standard InChI is InChI=1S/C13H16N4O3S/c1-17(21(19,20)11-5-3-2-4-6-11)10-13(18)16-9-12-14-7-8-15-12/h2-8H,9-10H2,1H3,(H,14,15)(H,16,18). The van der Waals surface area contributed by atoms with Crippen LogP contribution in [0.5, 0.6) is 0 Å². The van der Waals surface area contributed by atoms with Gasteiger partial charge in [-0.3, -0.25) is 4.79 Å². The molecule has 0 spiro atoms. The first-order valence-corrected chi connectivity index (χ1v) is 7.70. The molecule has 2 aromatic rings. The quantitative estimate of drug-likeness (QED) is 0.805. The van der Waals surface area contributed by atoms with Crippen LogP contribution in [0.15, 0.2) is 47.6 Å². The maximum Gasteiger partial charge on any atom is 0.243 e. The Kier molecular flexibility index (Phi) is 4.71. The SMILES string of the molecule is CN(CC(=O)NCc1ncc[nH]1)S(=O)(=O)c1ccccc1. The highest BCUT2D eigenvalue weighted by atomic mass is 32.2. The van der Waals surface area contributed by atoms with Gasteiger partial charge in [-0.2, -0.15) is 4.31 Å². The van der Waals surface area contributed by atoms with Crippen molar-refractivity contribution in [2.75, 3.05) is 13.6 Å². The maximum atomic E-state index is 12.2. The molecule has 8 heteroatoms. The summed E-state index contributed by atoms with van der Waals surface area (Å²) < 4.78 is 25.5. The zero-order valence-corrected chi connectivity index (χ0v) is 12.3. The van der Waals surface area contributed by atoms with E-state index in [9.17, 15) is 13.2 Å². The first-order valence-electron chi connectivity index (χ1n) is 6.26. The Morgan fingerprint density at radius 2 is 2.05 bits per heavy atom. The van der Waals surface area contributed by atoms with Gasteiger partial charge in [0.15, 0.2) is 0 Å². The van der Waals surface area contributed by atoms with E-state index in [2.05, 4.69) is 15.3 Å². The number of imidazole rings is 1. The summed E-state index contributed by atoms with van der Waals surface area (Å²) in [7, 11) is -2.29. The maximum absolute atomic E-state index is 12.2. The molecule has 112 valence electrons. The molecule has 0 radical (unpaired) electrons. The molecule has 0 aliphatic rings. The number of hydrogen-bond donors (Lipinski definition) is 2. The fourth-order valence-corrected chi connectivity index (χ4v) is 2.84. The van der Waals surface area contributed by atoms with Gasteiger partial charge in [0.2, 0.25) is 15.9 Å². The van der Waals surface area contributed by atoms with Crippen molar-refractivity contribution in [1.29, 1.82) is 0 Å². The molecule has 7 nitrogen and oxygen atoms in total. The highest BCUT2D eigenvalue weighted by molar-refractivity contribution is 7.89. The number of H-pyrrole nitrogens is 1. The van der Waals surface area contributed by atoms with E-state index in [0.717, 1.165) is 4.31 Å². The van der Waals surface area contributed by atoms with Gasteiger partial charge in [-0.25, -0.2) is 13.4 Å². The van der Waals surface area contributed by atoms with Crippen LogP contribution in [0.3, 0.4) is 0 Å². The number of aromatic nitrogens is 2. The summed E-state index contributed by atoms with van der Waals surface area (Å²) in [6.07, 6.45) is 3.22. The molecular weight excluding hydrogens is 292 g/mol. The van der Waals surface area contributed by atoms with E-state index in [-0.39, 0.29) is 18.0 Å². The third-order valence-corrected chi connectivity index (χ3v) is 4.64. The van der Waals surface area contributed by atoms with Crippen LogP contribution in [0, 0.1) is 0 Å². The predicted molar refractivity (Wildman–Crippen MR) is 76.7 cm³/mol. The van der Waals surface area contributed by atoms with Gasteiger partial charge in [-0.05, 0) is 12.1 Å². The summed E-state index contributed by atoms with van der Waals surface area (Å²) in [6.45, 7) is -0.0248. The molecule has 0 fully saturated rings. The van der Waals surface area contributed by atoms with Crippen LogP contribution in [0.1, 0.15) is 5.82 Å². The van der Waals surface area contributed by atoms with E-state index < -0.39 is 15.9 Å². The van der Waals surface area contributed by atoms with Gasteiger partial charge in [0.25, 0.3) is 0 Å². The molecule has 1 amide bonds. The lowest BCUT2D eigenvalue weighted by atomic mass is 10.4. The van der Waals surface area contributed by atoms with Crippen molar-refractivity contribution in [2.24, 2.45) is 0 Å². The van der Waals surface area contributed by atoms with Gasteiger partial charge < -0.3 is 10.3 Å². The minimum atomic E-state index is -3.66. The van der Waals surface area contributed by atoms with Gasteiger partial charge in [0.05, 0.1) is 18.0 Å². The van der Waals surface area contributed by atoms with Crippen LogP contribution in [0.25, 0.3) is 0 Å². The summed E-state index contributed by atoms with van der Waals surface area (Å²) in [6, 6.07) is 7.99. The van der Waals surface area contributed by atoms with Crippen molar-refractivity contribution >= 4 is 15.9 Å². The van der Waals surface area contributed by atoms with Crippen molar-refractivity contribution in [3.05, 3.63) is 48.5 Å². The molecule has 2 N–H and O–H groups in total. The Labute approximate surface area is 123 Å². The molecule has 2 rings (SSSR count). The molecule has 21 heavy (non-hydrogen) atoms. The molecule has 1 aromatic carbocycles. The second kappa shape index (κ2) is 6.51. The Morgan fingerprint density at radius 3 is 2.67 bits per heavy atom. The Bertz CT molecular complexity index is 683. The normalized spacial score (nSPS) is 11.5. The van der Waals surface area contributed by atoms with Gasteiger partial charge in [-0.1, -0.05) is 18.2 Å². The summed E-state index contributed by atoms with van der Waals surface area (Å²) >= 11 is 0. The van der Waals surface area contributed by atoms with Crippen molar-refractivity contribution in [3.8, 4) is 0 Å². The molecule has 1 aromatic heterocycles. The largest absolute Gasteiger partial charge is 0.348 e. The van der Waals surface area contributed by atoms with Crippen LogP contribution in [0.4, 0.5) is 0 Å². The minimum absolute atomic E-state index is 0.159. The van der Waals surface area contributed by atoms with Crippen molar-refractivity contribution in [1.82, 2.24) is 19.6 Å². The Balaban J connectivity index is 1.94. The number of likely N-dealkylation sites (N-methyl/N-ethyl adjacent to an activating group) is 1. The van der Waals surface area contributed by atoms with E-state index in [1.165, 1.54) is 19.2 Å². The number of hydrogen-bond acceptors (Lipinski definition) is 4. The monoisotopic (exact) mass is 308 g/mol. The van der Waals surface area contributed by atoms with Gasteiger partial charge in [-0.15, -0.1) is 0 Å². The zero-order chi connectivity index (χ0) is 15.3. The van der Waals surface area contributed by atoms with Crippen LogP contribution >= 0.6 is 0 Å². The van der Waals surface area contributed by atoms with Crippen LogP contribution in [-0.4, -0.2) is 42.2 Å². The molecule has 0 aliphatic heterocycles. The average molecular weight is 308 g/mol. The van der Waals surface area contributed by atoms with Crippen molar-refractivity contribution in [3.63, 3.8) is 0 Å². The van der Waals surface area contributed by atoms with E-state index in [1.54, 1.807) is 30.6 Å². The van der Waals surface area contributed by atoms with E-state index in [0.29, 0.717) is 5.82 Å². The second-order valence-electron chi connectivity index (χ2n) is 4.39. The molecule has 0 atom stereocenters. The lowest BCUT2D eigenvalue weighted by molar-refractivity contribution is -0.121. The lowest BCUT2D eigenvalue weighted by Gasteiger charge is -2.16. The summed E-state index contributed by atoms with van der Waals surface area (Å²) in [5, 5.41) is 2.60. The minimum Gasteiger partial charge on any atom is -0.348 e. The van der Waals surface area contributed by atoms with Crippen LogP contribution in [0.2, 0.25) is 0 Å². The summed E-state index contributed by atoms with van der Waals surface area (Å²) in [5.74, 6) is 0.213. The van der Waals surface area contributed by atoms with Crippen LogP contribution < -0.4 is 5.32 Å². The van der Waals surface area contributed by atoms with E-state index >= 15 is 0 Å². The third kappa shape index (κ3) is 3.89. The van der Waals surface area contributed by atoms with Crippen molar-refractivity contribution in [2.45, 2.75) is 11.4 Å². The van der Waals surface area contributed by atoms with Gasteiger partial charge in [0.1, 0.15) is 5.82 Å². The Hall–Kier alpha value is -2.19. The molecule has 1 heterocycles. The lowest BCUT2D eigenvalue weighted by Crippen LogP contribution is -2.38. The fraction of sp³-hybridized carbons (Fsp3) is 0.231. The topological polar surface area (TPSA) is 95.2 Å². The predicted octanol–water partition coefficient (Wildman–Crippen LogP) is 0.347. The summed E-state index contributed by atoms with van der Waals surface area (Å²) in [4.78, 5) is 18.7. The number of nitrogens with one attached hydrogen (secondary N) is 2. The number of benzene rings is 1. The number of rotatable bonds is 6. The van der Waals surface area contributed by atoms with E-state index in [1.807, 2.05) is 0 Å². The fourth-order valence-electron chi connectivity index (χ4n) is 1.69.